The number of amides is 1. The number of rotatable bonds is 5. The van der Waals surface area contributed by atoms with Crippen LogP contribution in [0.3, 0.4) is 0 Å². The fourth-order valence-corrected chi connectivity index (χ4v) is 2.50. The highest BCUT2D eigenvalue weighted by Gasteiger charge is 2.18. The van der Waals surface area contributed by atoms with Gasteiger partial charge >= 0.3 is 11.9 Å². The van der Waals surface area contributed by atoms with Crippen molar-refractivity contribution in [1.82, 2.24) is 0 Å². The zero-order valence-corrected chi connectivity index (χ0v) is 14.9. The Kier molecular flexibility index (Phi) is 5.46. The highest BCUT2D eigenvalue weighted by atomic mass is 35.5. The molecule has 8 nitrogen and oxygen atoms in total. The standard InChI is InChI=1S/C18H14ClNO7/c1-24-18(23)12-7-11(3-4-13(12)19)20-16(21)8-25-17(22)10-2-5-14-15(6-10)27-9-26-14/h2-7H,8-9H2,1H3,(H,20,21). The monoisotopic (exact) mass is 391 g/mol. The number of ether oxygens (including phenoxy) is 4. The van der Waals surface area contributed by atoms with Crippen LogP contribution in [-0.2, 0) is 14.3 Å². The largest absolute Gasteiger partial charge is 0.465 e. The molecule has 1 amide bonds. The quantitative estimate of drug-likeness (QED) is 0.782. The lowest BCUT2D eigenvalue weighted by atomic mass is 10.2. The predicted octanol–water partition coefficient (Wildman–Crippen LogP) is 2.65. The normalized spacial score (nSPS) is 11.6. The Morgan fingerprint density at radius 1 is 1.07 bits per heavy atom. The number of nitrogens with one attached hydrogen (secondary N) is 1. The van der Waals surface area contributed by atoms with Gasteiger partial charge < -0.3 is 24.3 Å². The van der Waals surface area contributed by atoms with Crippen LogP contribution in [0.5, 0.6) is 11.5 Å². The van der Waals surface area contributed by atoms with Gasteiger partial charge in [-0.3, -0.25) is 4.79 Å². The number of esters is 2. The Morgan fingerprint density at radius 2 is 1.85 bits per heavy atom. The van der Waals surface area contributed by atoms with Crippen LogP contribution >= 0.6 is 11.6 Å². The van der Waals surface area contributed by atoms with Crippen molar-refractivity contribution >= 4 is 35.1 Å². The molecule has 0 saturated heterocycles. The van der Waals surface area contributed by atoms with Crippen molar-refractivity contribution in [1.29, 1.82) is 0 Å². The van der Waals surface area contributed by atoms with Crippen LogP contribution in [0.4, 0.5) is 5.69 Å². The van der Waals surface area contributed by atoms with E-state index in [1.54, 1.807) is 6.07 Å². The lowest BCUT2D eigenvalue weighted by molar-refractivity contribution is -0.119. The SMILES string of the molecule is COC(=O)c1cc(NC(=O)COC(=O)c2ccc3c(c2)OCO3)ccc1Cl. The lowest BCUT2D eigenvalue weighted by Crippen LogP contribution is -2.21. The summed E-state index contributed by atoms with van der Waals surface area (Å²) < 4.78 is 19.9. The molecule has 0 aromatic heterocycles. The smallest absolute Gasteiger partial charge is 0.339 e. The summed E-state index contributed by atoms with van der Waals surface area (Å²) in [5.74, 6) is -0.929. The molecule has 1 N–H and O–H groups in total. The summed E-state index contributed by atoms with van der Waals surface area (Å²) >= 11 is 5.92. The summed E-state index contributed by atoms with van der Waals surface area (Å²) in [6.07, 6.45) is 0. The summed E-state index contributed by atoms with van der Waals surface area (Å²) in [5, 5.41) is 2.70. The van der Waals surface area contributed by atoms with Gasteiger partial charge in [-0.25, -0.2) is 9.59 Å². The molecule has 0 atom stereocenters. The number of fused-ring (bicyclic) bond motifs is 1. The molecule has 0 bridgehead atoms. The molecule has 2 aromatic rings. The summed E-state index contributed by atoms with van der Waals surface area (Å²) in [6.45, 7) is -0.422. The molecule has 1 aliphatic heterocycles. The summed E-state index contributed by atoms with van der Waals surface area (Å²) in [4.78, 5) is 35.7. The molecule has 0 fully saturated rings. The second-order valence-electron chi connectivity index (χ2n) is 5.38. The molecule has 0 aliphatic carbocycles. The van der Waals surface area contributed by atoms with E-state index in [4.69, 9.17) is 25.8 Å². The molecule has 9 heteroatoms. The second-order valence-corrected chi connectivity index (χ2v) is 5.79. The van der Waals surface area contributed by atoms with Gasteiger partial charge in [-0.2, -0.15) is 0 Å². The van der Waals surface area contributed by atoms with Gasteiger partial charge in [-0.1, -0.05) is 11.6 Å². The van der Waals surface area contributed by atoms with Crippen molar-refractivity contribution in [2.24, 2.45) is 0 Å². The minimum Gasteiger partial charge on any atom is -0.465 e. The van der Waals surface area contributed by atoms with Crippen LogP contribution in [0.25, 0.3) is 0 Å². The van der Waals surface area contributed by atoms with E-state index in [0.29, 0.717) is 17.2 Å². The molecule has 2 aromatic carbocycles. The molecule has 0 radical (unpaired) electrons. The van der Waals surface area contributed by atoms with Gasteiger partial charge in [0.2, 0.25) is 6.79 Å². The number of methoxy groups -OCH3 is 1. The predicted molar refractivity (Wildman–Crippen MR) is 94.3 cm³/mol. The maximum atomic E-state index is 12.1. The van der Waals surface area contributed by atoms with Crippen LogP contribution in [0.15, 0.2) is 36.4 Å². The number of benzene rings is 2. The molecular weight excluding hydrogens is 378 g/mol. The lowest BCUT2D eigenvalue weighted by Gasteiger charge is -2.09. The van der Waals surface area contributed by atoms with Gasteiger partial charge in [0.1, 0.15) is 0 Å². The first-order valence-corrected chi connectivity index (χ1v) is 8.10. The first-order chi connectivity index (χ1) is 13.0. The number of hydrogen-bond acceptors (Lipinski definition) is 7. The van der Waals surface area contributed by atoms with E-state index < -0.39 is 24.5 Å². The van der Waals surface area contributed by atoms with E-state index in [0.717, 1.165) is 0 Å². The third-order valence-electron chi connectivity index (χ3n) is 3.60. The Labute approximate surface area is 158 Å². The molecule has 0 spiro atoms. The number of hydrogen-bond donors (Lipinski definition) is 1. The van der Waals surface area contributed by atoms with Crippen LogP contribution in [0, 0.1) is 0 Å². The molecule has 0 unspecified atom stereocenters. The minimum atomic E-state index is -0.685. The van der Waals surface area contributed by atoms with Gasteiger partial charge in [-0.05, 0) is 36.4 Å². The van der Waals surface area contributed by atoms with Crippen molar-refractivity contribution in [2.75, 3.05) is 25.8 Å². The van der Waals surface area contributed by atoms with E-state index >= 15 is 0 Å². The third-order valence-corrected chi connectivity index (χ3v) is 3.93. The van der Waals surface area contributed by atoms with Crippen molar-refractivity contribution in [3.8, 4) is 11.5 Å². The van der Waals surface area contributed by atoms with Crippen molar-refractivity contribution in [3.05, 3.63) is 52.5 Å². The summed E-state index contributed by atoms with van der Waals surface area (Å²) in [5.41, 5.74) is 0.643. The number of carbonyl (C=O) groups is 3. The van der Waals surface area contributed by atoms with Gasteiger partial charge in [0.05, 0.1) is 23.3 Å². The first-order valence-electron chi connectivity index (χ1n) is 7.72. The Morgan fingerprint density at radius 3 is 2.63 bits per heavy atom. The zero-order valence-electron chi connectivity index (χ0n) is 14.1. The topological polar surface area (TPSA) is 100 Å². The molecule has 0 saturated carbocycles. The fraction of sp³-hybridized carbons (Fsp3) is 0.167. The first kappa shape index (κ1) is 18.5. The third kappa shape index (κ3) is 4.29. The van der Waals surface area contributed by atoms with Crippen LogP contribution in [0.2, 0.25) is 5.02 Å². The Hall–Kier alpha value is -3.26. The van der Waals surface area contributed by atoms with Gasteiger partial charge in [0, 0.05) is 5.69 Å². The van der Waals surface area contributed by atoms with Crippen molar-refractivity contribution in [3.63, 3.8) is 0 Å². The van der Waals surface area contributed by atoms with E-state index in [9.17, 15) is 14.4 Å². The van der Waals surface area contributed by atoms with Gasteiger partial charge in [0.25, 0.3) is 5.91 Å². The number of carbonyl (C=O) groups excluding carboxylic acids is 3. The average molecular weight is 392 g/mol. The van der Waals surface area contributed by atoms with E-state index in [2.05, 4.69) is 10.1 Å². The van der Waals surface area contributed by atoms with Gasteiger partial charge in [0.15, 0.2) is 18.1 Å². The second kappa shape index (κ2) is 7.96. The van der Waals surface area contributed by atoms with Crippen molar-refractivity contribution in [2.45, 2.75) is 0 Å². The summed E-state index contributed by atoms with van der Waals surface area (Å²) in [7, 11) is 1.22. The highest BCUT2D eigenvalue weighted by molar-refractivity contribution is 6.33. The average Bonchev–Trinajstić information content (AvgIpc) is 3.14. The molecule has 1 heterocycles. The van der Waals surface area contributed by atoms with Gasteiger partial charge in [-0.15, -0.1) is 0 Å². The minimum absolute atomic E-state index is 0.0882. The maximum absolute atomic E-state index is 12.1. The van der Waals surface area contributed by atoms with E-state index in [1.165, 1.54) is 37.4 Å². The molecule has 3 rings (SSSR count). The van der Waals surface area contributed by atoms with Crippen LogP contribution in [-0.4, -0.2) is 38.4 Å². The highest BCUT2D eigenvalue weighted by Crippen LogP contribution is 2.32. The molecule has 27 heavy (non-hydrogen) atoms. The van der Waals surface area contributed by atoms with E-state index in [1.807, 2.05) is 0 Å². The number of anilines is 1. The molecule has 1 aliphatic rings. The zero-order chi connectivity index (χ0) is 19.4. The van der Waals surface area contributed by atoms with Crippen LogP contribution < -0.4 is 14.8 Å². The Balaban J connectivity index is 1.58. The number of halogens is 1. The Bertz CT molecular complexity index is 913. The van der Waals surface area contributed by atoms with Crippen molar-refractivity contribution < 1.29 is 33.3 Å². The summed E-state index contributed by atoms with van der Waals surface area (Å²) in [6, 6.07) is 8.89. The maximum Gasteiger partial charge on any atom is 0.339 e. The van der Waals surface area contributed by atoms with Crippen LogP contribution in [0.1, 0.15) is 20.7 Å². The van der Waals surface area contributed by atoms with E-state index in [-0.39, 0.29) is 22.9 Å². The fourth-order valence-electron chi connectivity index (χ4n) is 2.30. The molecular formula is C18H14ClNO7. The molecule has 140 valence electrons.